The molecular formula is C15H18FN3O3. The van der Waals surface area contributed by atoms with E-state index in [2.05, 4.69) is 15.5 Å². The number of hydrogen-bond acceptors (Lipinski definition) is 4. The molecule has 1 aromatic heterocycles. The van der Waals surface area contributed by atoms with Gasteiger partial charge in [0.2, 0.25) is 11.8 Å². The van der Waals surface area contributed by atoms with E-state index in [4.69, 9.17) is 9.52 Å². The lowest BCUT2D eigenvalue weighted by Gasteiger charge is -2.17. The molecule has 1 aromatic carbocycles. The Morgan fingerprint density at radius 2 is 2.23 bits per heavy atom. The van der Waals surface area contributed by atoms with E-state index in [0.717, 1.165) is 18.4 Å². The molecule has 0 saturated carbocycles. The summed E-state index contributed by atoms with van der Waals surface area (Å²) in [4.78, 5) is 11.0. The first-order valence-electron chi connectivity index (χ1n) is 7.06. The van der Waals surface area contributed by atoms with Gasteiger partial charge in [0.15, 0.2) is 0 Å². The molecule has 2 aromatic rings. The first-order chi connectivity index (χ1) is 10.5. The zero-order valence-electron chi connectivity index (χ0n) is 12.5. The molecule has 2 rings (SSSR count). The molecule has 2 N–H and O–H groups in total. The predicted octanol–water partition coefficient (Wildman–Crippen LogP) is 3.02. The van der Waals surface area contributed by atoms with Crippen molar-refractivity contribution in [2.24, 2.45) is 0 Å². The third-order valence-electron chi connectivity index (χ3n) is 3.22. The van der Waals surface area contributed by atoms with Gasteiger partial charge < -0.3 is 14.8 Å². The second-order valence-electron chi connectivity index (χ2n) is 5.03. The van der Waals surface area contributed by atoms with Crippen molar-refractivity contribution in [2.45, 2.75) is 39.2 Å². The van der Waals surface area contributed by atoms with Crippen molar-refractivity contribution in [3.63, 3.8) is 0 Å². The smallest absolute Gasteiger partial charge is 0.405 e. The summed E-state index contributed by atoms with van der Waals surface area (Å²) < 4.78 is 19.4. The molecule has 1 amide bonds. The highest BCUT2D eigenvalue weighted by molar-refractivity contribution is 5.65. The van der Waals surface area contributed by atoms with E-state index in [1.807, 2.05) is 6.92 Å². The number of nitrogens with zero attached hydrogens (tertiary/aromatic N) is 2. The quantitative estimate of drug-likeness (QED) is 0.856. The van der Waals surface area contributed by atoms with Crippen LogP contribution in [0.25, 0.3) is 0 Å². The van der Waals surface area contributed by atoms with Crippen molar-refractivity contribution in [3.8, 4) is 0 Å². The first-order valence-corrected chi connectivity index (χ1v) is 7.06. The highest BCUT2D eigenvalue weighted by Gasteiger charge is 2.21. The minimum atomic E-state index is -1.23. The molecule has 0 aliphatic heterocycles. The van der Waals surface area contributed by atoms with Crippen LogP contribution in [-0.4, -0.2) is 21.4 Å². The molecule has 6 nitrogen and oxygen atoms in total. The van der Waals surface area contributed by atoms with Gasteiger partial charge in [0.1, 0.15) is 5.82 Å². The Labute approximate surface area is 127 Å². The molecule has 0 spiro atoms. The third kappa shape index (κ3) is 4.03. The van der Waals surface area contributed by atoms with E-state index in [9.17, 15) is 9.18 Å². The number of aryl methyl sites for hydroxylation is 2. The monoisotopic (exact) mass is 307 g/mol. The maximum Gasteiger partial charge on any atom is 0.405 e. The molecule has 118 valence electrons. The van der Waals surface area contributed by atoms with Crippen molar-refractivity contribution in [1.29, 1.82) is 0 Å². The predicted molar refractivity (Wildman–Crippen MR) is 77.0 cm³/mol. The number of rotatable bonds is 6. The van der Waals surface area contributed by atoms with Crippen molar-refractivity contribution < 1.29 is 18.7 Å². The molecule has 0 aliphatic rings. The van der Waals surface area contributed by atoms with E-state index in [1.54, 1.807) is 19.1 Å². The molecule has 7 heteroatoms. The van der Waals surface area contributed by atoms with Gasteiger partial charge in [-0.1, -0.05) is 25.5 Å². The van der Waals surface area contributed by atoms with Gasteiger partial charge in [0, 0.05) is 12.5 Å². The number of carboxylic acid groups (broad SMARTS) is 1. The van der Waals surface area contributed by atoms with Gasteiger partial charge >= 0.3 is 6.09 Å². The minimum absolute atomic E-state index is 0.0969. The number of aromatic nitrogens is 2. The highest BCUT2D eigenvalue weighted by atomic mass is 19.1. The second kappa shape index (κ2) is 7.02. The van der Waals surface area contributed by atoms with Crippen LogP contribution in [0.3, 0.4) is 0 Å². The number of halogens is 1. The third-order valence-corrected chi connectivity index (χ3v) is 3.22. The van der Waals surface area contributed by atoms with Gasteiger partial charge in [0.05, 0.1) is 12.5 Å². The molecule has 0 bridgehead atoms. The van der Waals surface area contributed by atoms with Crippen LogP contribution in [0.15, 0.2) is 22.6 Å². The molecule has 0 radical (unpaired) electrons. The number of benzene rings is 1. The summed E-state index contributed by atoms with van der Waals surface area (Å²) in [7, 11) is 0. The van der Waals surface area contributed by atoms with Crippen LogP contribution < -0.4 is 5.32 Å². The number of carbonyl (C=O) groups is 1. The molecule has 22 heavy (non-hydrogen) atoms. The maximum atomic E-state index is 14.1. The van der Waals surface area contributed by atoms with Crippen LogP contribution in [-0.2, 0) is 12.8 Å². The van der Waals surface area contributed by atoms with Gasteiger partial charge in [0.25, 0.3) is 0 Å². The fraction of sp³-hybridized carbons (Fsp3) is 0.400. The maximum absolute atomic E-state index is 14.1. The van der Waals surface area contributed by atoms with E-state index >= 15 is 0 Å². The van der Waals surface area contributed by atoms with Crippen molar-refractivity contribution in [1.82, 2.24) is 15.5 Å². The van der Waals surface area contributed by atoms with Crippen molar-refractivity contribution in [3.05, 3.63) is 46.9 Å². The minimum Gasteiger partial charge on any atom is -0.465 e. The van der Waals surface area contributed by atoms with Gasteiger partial charge in [-0.15, -0.1) is 10.2 Å². The van der Waals surface area contributed by atoms with E-state index < -0.39 is 18.0 Å². The van der Waals surface area contributed by atoms with Crippen LogP contribution in [0.5, 0.6) is 0 Å². The summed E-state index contributed by atoms with van der Waals surface area (Å²) in [5, 5.41) is 18.8. The number of hydrogen-bond donors (Lipinski definition) is 2. The standard InChI is InChI=1S/C15H18FN3O3/c1-3-4-10-5-6-12(16)11(7-10)13(17-15(20)21)8-14-19-18-9(2)22-14/h5-7,13,17H,3-4,8H2,1-2H3,(H,20,21). The zero-order valence-corrected chi connectivity index (χ0v) is 12.5. The molecule has 1 atom stereocenters. The van der Waals surface area contributed by atoms with E-state index in [0.29, 0.717) is 5.89 Å². The molecule has 1 unspecified atom stereocenters. The van der Waals surface area contributed by atoms with Crippen molar-refractivity contribution in [2.75, 3.05) is 0 Å². The van der Waals surface area contributed by atoms with Gasteiger partial charge in [-0.2, -0.15) is 0 Å². The number of nitrogens with one attached hydrogen (secondary N) is 1. The Kier molecular flexibility index (Phi) is 5.08. The van der Waals surface area contributed by atoms with Crippen LogP contribution in [0.2, 0.25) is 0 Å². The molecule has 1 heterocycles. The summed E-state index contributed by atoms with van der Waals surface area (Å²) in [5.41, 5.74) is 1.24. The first kappa shape index (κ1) is 15.9. The van der Waals surface area contributed by atoms with Gasteiger partial charge in [-0.3, -0.25) is 0 Å². The molecular weight excluding hydrogens is 289 g/mol. The Balaban J connectivity index is 2.31. The van der Waals surface area contributed by atoms with E-state index in [1.165, 1.54) is 6.07 Å². The summed E-state index contributed by atoms with van der Waals surface area (Å²) in [6.45, 7) is 3.66. The Hall–Kier alpha value is -2.44. The number of amides is 1. The normalized spacial score (nSPS) is 12.1. The summed E-state index contributed by atoms with van der Waals surface area (Å²) in [5.74, 6) is 0.177. The Morgan fingerprint density at radius 3 is 2.82 bits per heavy atom. The van der Waals surface area contributed by atoms with Gasteiger partial charge in [-0.05, 0) is 18.1 Å². The summed E-state index contributed by atoms with van der Waals surface area (Å²) >= 11 is 0. The van der Waals surface area contributed by atoms with Gasteiger partial charge in [-0.25, -0.2) is 9.18 Å². The molecule has 0 saturated heterocycles. The average Bonchev–Trinajstić information content (AvgIpc) is 2.85. The fourth-order valence-corrected chi connectivity index (χ4v) is 2.29. The van der Waals surface area contributed by atoms with E-state index in [-0.39, 0.29) is 17.9 Å². The summed E-state index contributed by atoms with van der Waals surface area (Å²) in [6, 6.07) is 3.96. The lowest BCUT2D eigenvalue weighted by molar-refractivity contribution is 0.189. The molecule has 0 aliphatic carbocycles. The molecule has 0 fully saturated rings. The van der Waals surface area contributed by atoms with Crippen LogP contribution in [0.1, 0.15) is 42.3 Å². The van der Waals surface area contributed by atoms with Crippen molar-refractivity contribution >= 4 is 6.09 Å². The second-order valence-corrected chi connectivity index (χ2v) is 5.03. The van der Waals surface area contributed by atoms with Crippen LogP contribution in [0.4, 0.5) is 9.18 Å². The largest absolute Gasteiger partial charge is 0.465 e. The highest BCUT2D eigenvalue weighted by Crippen LogP contribution is 2.23. The topological polar surface area (TPSA) is 88.3 Å². The Bertz CT molecular complexity index is 657. The average molecular weight is 307 g/mol. The lowest BCUT2D eigenvalue weighted by Crippen LogP contribution is -2.29. The van der Waals surface area contributed by atoms with Crippen LogP contribution in [0, 0.1) is 12.7 Å². The zero-order chi connectivity index (χ0) is 16.1. The lowest BCUT2D eigenvalue weighted by atomic mass is 9.99. The SMILES string of the molecule is CCCc1ccc(F)c(C(Cc2nnc(C)o2)NC(=O)O)c1. The summed E-state index contributed by atoms with van der Waals surface area (Å²) in [6.07, 6.45) is 0.582. The Morgan fingerprint density at radius 1 is 1.45 bits per heavy atom. The fourth-order valence-electron chi connectivity index (χ4n) is 2.29. The van der Waals surface area contributed by atoms with Crippen LogP contribution >= 0.6 is 0 Å².